The lowest BCUT2D eigenvalue weighted by atomic mass is 9.87. The van der Waals surface area contributed by atoms with Gasteiger partial charge in [0.15, 0.2) is 40.6 Å². The zero-order chi connectivity index (χ0) is 27.1. The van der Waals surface area contributed by atoms with E-state index >= 15 is 0 Å². The molecular formula is C26H8F6N6. The summed E-state index contributed by atoms with van der Waals surface area (Å²) >= 11 is 0. The SMILES string of the molecule is [C-]#[N+]/N=C1/c2ccccc2C(=NC#N)c2nc(-c3cc(F)c(F)c(F)c3)c(-c3cc(F)c(F)c(F)c3)nc21. The van der Waals surface area contributed by atoms with E-state index in [0.29, 0.717) is 35.4 Å². The van der Waals surface area contributed by atoms with Gasteiger partial charge in [0, 0.05) is 22.3 Å². The highest BCUT2D eigenvalue weighted by molar-refractivity contribution is 6.30. The fourth-order valence-electron chi connectivity index (χ4n) is 4.02. The van der Waals surface area contributed by atoms with E-state index in [1.165, 1.54) is 0 Å². The van der Waals surface area contributed by atoms with Gasteiger partial charge in [-0.1, -0.05) is 24.3 Å². The van der Waals surface area contributed by atoms with Crippen LogP contribution in [0, 0.1) is 52.9 Å². The second-order valence-electron chi connectivity index (χ2n) is 7.78. The first-order valence-corrected chi connectivity index (χ1v) is 10.5. The number of nitrogens with zero attached hydrogens (tertiary/aromatic N) is 6. The molecule has 0 spiro atoms. The standard InChI is InChI=1S/C26H8F6N6/c1-34-38-24-14-5-3-2-4-13(14)23(35-10-33)25-26(24)37-22(12-8-17(29)20(32)18(30)9-12)21(36-25)11-6-15(27)19(31)16(28)7-11/h2-9H/b35-23?,38-24-. The van der Waals surface area contributed by atoms with Crippen molar-refractivity contribution < 1.29 is 26.3 Å². The maximum Gasteiger partial charge on any atom is 0.206 e. The molecule has 0 atom stereocenters. The molecule has 6 nitrogen and oxygen atoms in total. The summed E-state index contributed by atoms with van der Waals surface area (Å²) in [6.45, 7) is 7.24. The first-order valence-electron chi connectivity index (χ1n) is 10.5. The van der Waals surface area contributed by atoms with Gasteiger partial charge in [-0.25, -0.2) is 36.3 Å². The number of nitriles is 1. The van der Waals surface area contributed by atoms with Gasteiger partial charge in [0.2, 0.25) is 6.19 Å². The lowest BCUT2D eigenvalue weighted by Gasteiger charge is -2.21. The van der Waals surface area contributed by atoms with E-state index in [9.17, 15) is 31.6 Å². The normalized spacial score (nSPS) is 14.1. The number of halogens is 6. The van der Waals surface area contributed by atoms with Crippen molar-refractivity contribution in [1.29, 1.82) is 5.26 Å². The summed E-state index contributed by atoms with van der Waals surface area (Å²) in [6, 6.07) is 8.69. The molecule has 5 rings (SSSR count). The third-order valence-corrected chi connectivity index (χ3v) is 5.61. The molecule has 3 aromatic carbocycles. The van der Waals surface area contributed by atoms with E-state index in [1.807, 2.05) is 0 Å². The smallest absolute Gasteiger partial charge is 0.206 e. The minimum atomic E-state index is -1.77. The van der Waals surface area contributed by atoms with E-state index in [1.54, 1.807) is 30.5 Å². The Balaban J connectivity index is 1.94. The quantitative estimate of drug-likeness (QED) is 0.0953. The molecule has 0 aliphatic heterocycles. The lowest BCUT2D eigenvalue weighted by molar-refractivity contribution is 0.447. The van der Waals surface area contributed by atoms with Crippen LogP contribution in [0.15, 0.2) is 58.6 Å². The third-order valence-electron chi connectivity index (χ3n) is 5.61. The van der Waals surface area contributed by atoms with Crippen molar-refractivity contribution in [2.45, 2.75) is 0 Å². The Hall–Kier alpha value is -5.36. The van der Waals surface area contributed by atoms with Gasteiger partial charge in [0.05, 0.1) is 16.5 Å². The number of benzene rings is 3. The lowest BCUT2D eigenvalue weighted by Crippen LogP contribution is -2.25. The monoisotopic (exact) mass is 518 g/mol. The van der Waals surface area contributed by atoms with Gasteiger partial charge in [0.1, 0.15) is 17.1 Å². The van der Waals surface area contributed by atoms with Crippen LogP contribution < -0.4 is 0 Å². The molecule has 0 unspecified atom stereocenters. The van der Waals surface area contributed by atoms with E-state index < -0.39 is 57.4 Å². The molecular weight excluding hydrogens is 510 g/mol. The van der Waals surface area contributed by atoms with Crippen LogP contribution in [-0.4, -0.2) is 21.4 Å². The summed E-state index contributed by atoms with van der Waals surface area (Å²) in [6.07, 6.45) is 1.63. The summed E-state index contributed by atoms with van der Waals surface area (Å²) in [5, 5.41) is 13.1. The third kappa shape index (κ3) is 3.85. The summed E-state index contributed by atoms with van der Waals surface area (Å²) in [4.78, 5) is 15.6. The van der Waals surface area contributed by atoms with Gasteiger partial charge in [0.25, 0.3) is 0 Å². The molecule has 4 aromatic rings. The van der Waals surface area contributed by atoms with Crippen molar-refractivity contribution in [2.24, 2.45) is 10.1 Å². The molecule has 38 heavy (non-hydrogen) atoms. The fourth-order valence-corrected chi connectivity index (χ4v) is 4.02. The second-order valence-corrected chi connectivity index (χ2v) is 7.78. The molecule has 0 fully saturated rings. The molecule has 0 amide bonds. The van der Waals surface area contributed by atoms with E-state index in [4.69, 9.17) is 6.57 Å². The van der Waals surface area contributed by atoms with Crippen molar-refractivity contribution in [1.82, 2.24) is 9.97 Å². The van der Waals surface area contributed by atoms with Crippen LogP contribution in [0.5, 0.6) is 0 Å². The number of hydrogen-bond donors (Lipinski definition) is 0. The number of hydrogen-bond acceptors (Lipinski definition) is 5. The van der Waals surface area contributed by atoms with Crippen LogP contribution in [0.4, 0.5) is 26.3 Å². The summed E-state index contributed by atoms with van der Waals surface area (Å²) < 4.78 is 84.2. The molecule has 0 saturated heterocycles. The largest absolute Gasteiger partial charge is 0.241 e. The predicted octanol–water partition coefficient (Wildman–Crippen LogP) is 5.95. The minimum Gasteiger partial charge on any atom is -0.241 e. The Kier molecular flexibility index (Phi) is 5.93. The van der Waals surface area contributed by atoms with Crippen molar-refractivity contribution in [3.63, 3.8) is 0 Å². The van der Waals surface area contributed by atoms with Crippen molar-refractivity contribution >= 4 is 11.4 Å². The number of fused-ring (bicyclic) bond motifs is 2. The Morgan fingerprint density at radius 1 is 0.684 bits per heavy atom. The maximum absolute atomic E-state index is 14.2. The topological polar surface area (TPSA) is 78.6 Å². The maximum atomic E-state index is 14.2. The highest BCUT2D eigenvalue weighted by atomic mass is 19.2. The van der Waals surface area contributed by atoms with Gasteiger partial charge in [-0.3, -0.25) is 0 Å². The Morgan fingerprint density at radius 2 is 1.11 bits per heavy atom. The van der Waals surface area contributed by atoms with E-state index in [-0.39, 0.29) is 22.8 Å². The molecule has 1 heterocycles. The second kappa shape index (κ2) is 9.26. The first-order chi connectivity index (χ1) is 18.2. The van der Waals surface area contributed by atoms with Crippen LogP contribution in [-0.2, 0) is 0 Å². The first kappa shape index (κ1) is 24.3. The molecule has 12 heteroatoms. The van der Waals surface area contributed by atoms with Gasteiger partial charge in [-0.15, -0.1) is 4.95 Å². The zero-order valence-electron chi connectivity index (χ0n) is 18.6. The van der Waals surface area contributed by atoms with Crippen LogP contribution in [0.3, 0.4) is 0 Å². The van der Waals surface area contributed by atoms with Gasteiger partial charge < -0.3 is 0 Å². The molecule has 0 bridgehead atoms. The van der Waals surface area contributed by atoms with E-state index in [0.717, 1.165) is 0 Å². The number of aliphatic imine (C=N–C) groups is 1. The summed E-state index contributed by atoms with van der Waals surface area (Å²) in [5.74, 6) is -9.90. The summed E-state index contributed by atoms with van der Waals surface area (Å²) in [5.41, 5.74) is -1.32. The molecule has 1 aliphatic rings. The van der Waals surface area contributed by atoms with Gasteiger partial charge in [-0.05, 0) is 24.3 Å². The molecule has 184 valence electrons. The Morgan fingerprint density at radius 3 is 1.53 bits per heavy atom. The summed E-state index contributed by atoms with van der Waals surface area (Å²) in [7, 11) is 0. The fraction of sp³-hybridized carbons (Fsp3) is 0. The Bertz CT molecular complexity index is 1640. The molecule has 1 aliphatic carbocycles. The highest BCUT2D eigenvalue weighted by Crippen LogP contribution is 2.36. The average molecular weight is 518 g/mol. The van der Waals surface area contributed by atoms with Crippen molar-refractivity contribution in [3.8, 4) is 28.7 Å². The average Bonchev–Trinajstić information content (AvgIpc) is 2.91. The van der Waals surface area contributed by atoms with Crippen molar-refractivity contribution in [2.75, 3.05) is 0 Å². The molecule has 0 N–H and O–H groups in total. The van der Waals surface area contributed by atoms with Gasteiger partial charge in [-0.2, -0.15) is 16.8 Å². The molecule has 0 radical (unpaired) electrons. The van der Waals surface area contributed by atoms with Crippen molar-refractivity contribution in [3.05, 3.63) is 117 Å². The predicted molar refractivity (Wildman–Crippen MR) is 123 cm³/mol. The highest BCUT2D eigenvalue weighted by Gasteiger charge is 2.34. The zero-order valence-corrected chi connectivity index (χ0v) is 18.6. The number of rotatable bonds is 2. The molecule has 1 aromatic heterocycles. The molecule has 0 saturated carbocycles. The van der Waals surface area contributed by atoms with E-state index in [2.05, 4.69) is 25.0 Å². The van der Waals surface area contributed by atoms with Crippen LogP contribution >= 0.6 is 0 Å². The Labute approximate surface area is 209 Å². The van der Waals surface area contributed by atoms with Crippen LogP contribution in [0.2, 0.25) is 0 Å². The van der Waals surface area contributed by atoms with Crippen LogP contribution in [0.25, 0.3) is 27.5 Å². The number of aromatic nitrogens is 2. The van der Waals surface area contributed by atoms with Crippen LogP contribution in [0.1, 0.15) is 22.5 Å². The van der Waals surface area contributed by atoms with Gasteiger partial charge >= 0.3 is 0 Å². The minimum absolute atomic E-state index is 0.0395.